The predicted molar refractivity (Wildman–Crippen MR) is 42.5 cm³/mol. The summed E-state index contributed by atoms with van der Waals surface area (Å²) in [5, 5.41) is 0. The lowest BCUT2D eigenvalue weighted by Gasteiger charge is -2.15. The molecule has 0 aliphatic heterocycles. The lowest BCUT2D eigenvalue weighted by Crippen LogP contribution is -2.02. The van der Waals surface area contributed by atoms with E-state index in [0.29, 0.717) is 5.92 Å². The van der Waals surface area contributed by atoms with Gasteiger partial charge in [-0.25, -0.2) is 0 Å². The van der Waals surface area contributed by atoms with Crippen LogP contribution in [0, 0.1) is 5.92 Å². The lowest BCUT2D eigenvalue weighted by molar-refractivity contribution is 0.942. The van der Waals surface area contributed by atoms with E-state index in [-0.39, 0.29) is 0 Å². The Balaban J connectivity index is 2.44. The van der Waals surface area contributed by atoms with Gasteiger partial charge in [-0.3, -0.25) is 0 Å². The second kappa shape index (κ2) is 2.17. The molecule has 0 bridgehead atoms. The van der Waals surface area contributed by atoms with Gasteiger partial charge < -0.3 is 0 Å². The van der Waals surface area contributed by atoms with Crippen LogP contribution in [0.3, 0.4) is 0 Å². The van der Waals surface area contributed by atoms with Gasteiger partial charge in [-0.15, -0.1) is 5.73 Å². The molecule has 0 spiro atoms. The molecule has 0 saturated carbocycles. The molecular weight excluding hydrogens is 120 g/mol. The molecule has 2 aliphatic carbocycles. The fourth-order valence-corrected chi connectivity index (χ4v) is 1.06. The molecule has 2 aliphatic rings. The van der Waals surface area contributed by atoms with Gasteiger partial charge in [0.2, 0.25) is 0 Å². The van der Waals surface area contributed by atoms with Crippen molar-refractivity contribution < 1.29 is 0 Å². The van der Waals surface area contributed by atoms with Gasteiger partial charge in [0, 0.05) is 11.5 Å². The average Bonchev–Trinajstić information content (AvgIpc) is 1.89. The number of rotatable bonds is 0. The van der Waals surface area contributed by atoms with Crippen molar-refractivity contribution in [1.82, 2.24) is 0 Å². The zero-order valence-corrected chi connectivity index (χ0v) is 5.62. The molecule has 0 N–H and O–H groups in total. The second-order valence-electron chi connectivity index (χ2n) is 2.42. The smallest absolute Gasteiger partial charge is 0.0278 e. The van der Waals surface area contributed by atoms with Gasteiger partial charge in [0.1, 0.15) is 0 Å². The van der Waals surface area contributed by atoms with Crippen LogP contribution in [0.15, 0.2) is 53.8 Å². The maximum absolute atomic E-state index is 3.19. The summed E-state index contributed by atoms with van der Waals surface area (Å²) in [6, 6.07) is 0. The highest BCUT2D eigenvalue weighted by Gasteiger charge is 2.11. The van der Waals surface area contributed by atoms with Crippen LogP contribution in [0.4, 0.5) is 0 Å². The largest absolute Gasteiger partial charge is 0.116 e. The van der Waals surface area contributed by atoms with Crippen LogP contribution in [0.25, 0.3) is 0 Å². The minimum atomic E-state index is 0.529. The second-order valence-corrected chi connectivity index (χ2v) is 2.42. The fourth-order valence-electron chi connectivity index (χ4n) is 1.06. The summed E-state index contributed by atoms with van der Waals surface area (Å²) in [5.41, 5.74) is 4.48. The third-order valence-electron chi connectivity index (χ3n) is 1.73. The average molecular weight is 128 g/mol. The SMILES string of the molecule is C1=C/C=C\C=C/C2C=CC=12. The first-order chi connectivity index (χ1) is 4.97. The zero-order chi connectivity index (χ0) is 6.81. The number of hydrogen-bond acceptors (Lipinski definition) is 0. The van der Waals surface area contributed by atoms with Crippen molar-refractivity contribution in [2.45, 2.75) is 0 Å². The van der Waals surface area contributed by atoms with Crippen LogP contribution < -0.4 is 0 Å². The van der Waals surface area contributed by atoms with E-state index >= 15 is 0 Å². The van der Waals surface area contributed by atoms with Crippen LogP contribution in [0.2, 0.25) is 0 Å². The van der Waals surface area contributed by atoms with Gasteiger partial charge >= 0.3 is 0 Å². The standard InChI is InChI=1S/C10H8/c1-2-4-6-10-8-7-9(10)5-3-1/h1-5,7-9H/b2-1-,5-3-. The van der Waals surface area contributed by atoms with Gasteiger partial charge in [-0.05, 0) is 6.08 Å². The van der Waals surface area contributed by atoms with E-state index in [9.17, 15) is 0 Å². The number of hydrogen-bond donors (Lipinski definition) is 0. The van der Waals surface area contributed by atoms with Crippen molar-refractivity contribution in [2.75, 3.05) is 0 Å². The molecule has 1 atom stereocenters. The Hall–Kier alpha value is -1.26. The minimum Gasteiger partial charge on any atom is -0.116 e. The third kappa shape index (κ3) is 0.792. The summed E-state index contributed by atoms with van der Waals surface area (Å²) >= 11 is 0. The molecule has 0 aromatic heterocycles. The summed E-state index contributed by atoms with van der Waals surface area (Å²) in [4.78, 5) is 0. The number of fused-ring (bicyclic) bond motifs is 1. The quantitative estimate of drug-likeness (QED) is 0.439. The molecule has 0 radical (unpaired) electrons. The predicted octanol–water partition coefficient (Wildman–Crippen LogP) is 2.38. The van der Waals surface area contributed by atoms with Crippen molar-refractivity contribution in [1.29, 1.82) is 0 Å². The maximum atomic E-state index is 3.19. The van der Waals surface area contributed by atoms with Crippen LogP contribution >= 0.6 is 0 Å². The highest BCUT2D eigenvalue weighted by molar-refractivity contribution is 5.41. The fraction of sp³-hybridized carbons (Fsp3) is 0.100. The maximum Gasteiger partial charge on any atom is 0.0278 e. The molecule has 0 heteroatoms. The molecule has 0 amide bonds. The van der Waals surface area contributed by atoms with E-state index in [1.165, 1.54) is 5.57 Å². The first-order valence-electron chi connectivity index (χ1n) is 3.45. The molecule has 0 aromatic carbocycles. The zero-order valence-electron chi connectivity index (χ0n) is 5.62. The van der Waals surface area contributed by atoms with E-state index in [1.807, 2.05) is 18.2 Å². The van der Waals surface area contributed by atoms with E-state index in [2.05, 4.69) is 30.0 Å². The minimum absolute atomic E-state index is 0.529. The van der Waals surface area contributed by atoms with Gasteiger partial charge in [0.05, 0.1) is 0 Å². The van der Waals surface area contributed by atoms with Crippen LogP contribution in [-0.2, 0) is 0 Å². The Kier molecular flexibility index (Phi) is 1.20. The van der Waals surface area contributed by atoms with Crippen LogP contribution in [-0.4, -0.2) is 0 Å². The topological polar surface area (TPSA) is 0 Å². The van der Waals surface area contributed by atoms with Crippen molar-refractivity contribution in [3.05, 3.63) is 53.8 Å². The number of allylic oxidation sites excluding steroid dienone is 7. The molecule has 2 rings (SSSR count). The van der Waals surface area contributed by atoms with Crippen molar-refractivity contribution in [2.24, 2.45) is 5.92 Å². The highest BCUT2D eigenvalue weighted by atomic mass is 14.1. The lowest BCUT2D eigenvalue weighted by atomic mass is 9.88. The summed E-state index contributed by atoms with van der Waals surface area (Å²) in [6.07, 6.45) is 14.5. The monoisotopic (exact) mass is 128 g/mol. The molecule has 0 aromatic rings. The summed E-state index contributed by atoms with van der Waals surface area (Å²) in [5.74, 6) is 0.529. The Bertz CT molecular complexity index is 281. The van der Waals surface area contributed by atoms with Crippen LogP contribution in [0.5, 0.6) is 0 Å². The summed E-state index contributed by atoms with van der Waals surface area (Å²) < 4.78 is 0. The Morgan fingerprint density at radius 3 is 2.90 bits per heavy atom. The first-order valence-corrected chi connectivity index (χ1v) is 3.45. The Labute approximate surface area is 60.6 Å². The van der Waals surface area contributed by atoms with Gasteiger partial charge in [0.15, 0.2) is 0 Å². The molecule has 10 heavy (non-hydrogen) atoms. The van der Waals surface area contributed by atoms with E-state index in [4.69, 9.17) is 0 Å². The van der Waals surface area contributed by atoms with Crippen LogP contribution in [0.1, 0.15) is 0 Å². The van der Waals surface area contributed by atoms with E-state index in [1.54, 1.807) is 0 Å². The summed E-state index contributed by atoms with van der Waals surface area (Å²) in [7, 11) is 0. The molecule has 0 nitrogen and oxygen atoms in total. The van der Waals surface area contributed by atoms with Crippen molar-refractivity contribution >= 4 is 0 Å². The Morgan fingerprint density at radius 1 is 1.10 bits per heavy atom. The van der Waals surface area contributed by atoms with Crippen molar-refractivity contribution in [3.8, 4) is 0 Å². The van der Waals surface area contributed by atoms with Gasteiger partial charge in [-0.1, -0.05) is 36.5 Å². The highest BCUT2D eigenvalue weighted by Crippen LogP contribution is 2.24. The normalized spacial score (nSPS) is 32.8. The van der Waals surface area contributed by atoms with Gasteiger partial charge in [-0.2, -0.15) is 0 Å². The summed E-state index contributed by atoms with van der Waals surface area (Å²) in [6.45, 7) is 0. The first kappa shape index (κ1) is 5.52. The molecule has 0 fully saturated rings. The van der Waals surface area contributed by atoms with E-state index in [0.717, 1.165) is 0 Å². The molecular formula is C10H8. The van der Waals surface area contributed by atoms with Crippen molar-refractivity contribution in [3.63, 3.8) is 0 Å². The molecule has 0 heterocycles. The molecule has 48 valence electrons. The van der Waals surface area contributed by atoms with Gasteiger partial charge in [0.25, 0.3) is 0 Å². The third-order valence-corrected chi connectivity index (χ3v) is 1.73. The van der Waals surface area contributed by atoms with E-state index < -0.39 is 0 Å². The molecule has 0 saturated heterocycles. The Morgan fingerprint density at radius 2 is 2.10 bits per heavy atom. The molecule has 1 unspecified atom stereocenters.